The van der Waals surface area contributed by atoms with Crippen molar-refractivity contribution in [3.63, 3.8) is 0 Å². The monoisotopic (exact) mass is 596 g/mol. The van der Waals surface area contributed by atoms with Gasteiger partial charge in [-0.1, -0.05) is 12.1 Å². The molecule has 1 aliphatic rings. The van der Waals surface area contributed by atoms with Gasteiger partial charge in [0, 0.05) is 62.1 Å². The number of hydrogen-bond acceptors (Lipinski definition) is 10. The summed E-state index contributed by atoms with van der Waals surface area (Å²) in [4.78, 5) is 25.0. The zero-order valence-corrected chi connectivity index (χ0v) is 25.1. The average molecular weight is 597 g/mol. The molecule has 3 N–H and O–H groups in total. The maximum Gasteiger partial charge on any atom is 0.234 e. The second kappa shape index (κ2) is 11.8. The Bertz CT molecular complexity index is 2030. The Morgan fingerprint density at radius 1 is 0.956 bits per heavy atom. The Morgan fingerprint density at radius 2 is 1.78 bits per heavy atom. The molecule has 224 valence electrons. The molecular weight excluding hydrogens is 564 g/mol. The van der Waals surface area contributed by atoms with Gasteiger partial charge in [-0.15, -0.1) is 0 Å². The summed E-state index contributed by atoms with van der Waals surface area (Å²) in [5.74, 6) is 1.99. The fraction of sp³-hybridized carbons (Fsp3) is 0.242. The van der Waals surface area contributed by atoms with Gasteiger partial charge in [0.1, 0.15) is 23.2 Å². The molecule has 0 radical (unpaired) electrons. The largest absolute Gasteiger partial charge is 0.383 e. The molecule has 0 atom stereocenters. The predicted octanol–water partition coefficient (Wildman–Crippen LogP) is 4.51. The van der Waals surface area contributed by atoms with Crippen molar-refractivity contribution in [2.75, 3.05) is 24.1 Å². The summed E-state index contributed by atoms with van der Waals surface area (Å²) >= 11 is 0. The number of anilines is 2. The van der Waals surface area contributed by atoms with Crippen LogP contribution in [-0.4, -0.2) is 63.3 Å². The topological polar surface area (TPSA) is 152 Å². The summed E-state index contributed by atoms with van der Waals surface area (Å²) in [5, 5.41) is 16.9. The van der Waals surface area contributed by atoms with Crippen LogP contribution in [0.1, 0.15) is 29.9 Å². The van der Waals surface area contributed by atoms with Crippen molar-refractivity contribution in [2.24, 2.45) is 7.05 Å². The van der Waals surface area contributed by atoms with Crippen LogP contribution in [0.4, 0.5) is 11.6 Å². The highest BCUT2D eigenvalue weighted by atomic mass is 15.3. The van der Waals surface area contributed by atoms with E-state index < -0.39 is 0 Å². The Balaban J connectivity index is 1.14. The number of aryl methyl sites for hydroxylation is 1. The van der Waals surface area contributed by atoms with E-state index in [1.54, 1.807) is 12.4 Å². The molecule has 6 aromatic rings. The van der Waals surface area contributed by atoms with Crippen LogP contribution >= 0.6 is 0 Å². The molecule has 45 heavy (non-hydrogen) atoms. The quantitative estimate of drug-likeness (QED) is 0.269. The number of imidazole rings is 1. The molecule has 5 aromatic heterocycles. The average Bonchev–Trinajstić information content (AvgIpc) is 3.61. The van der Waals surface area contributed by atoms with Crippen molar-refractivity contribution in [3.05, 3.63) is 90.3 Å². The Hall–Kier alpha value is -5.67. The molecule has 0 unspecified atom stereocenters. The molecule has 1 fully saturated rings. The normalized spacial score (nSPS) is 14.1. The lowest BCUT2D eigenvalue weighted by atomic mass is 10.0. The van der Waals surface area contributed by atoms with Gasteiger partial charge >= 0.3 is 0 Å². The van der Waals surface area contributed by atoms with E-state index in [9.17, 15) is 0 Å². The minimum Gasteiger partial charge on any atom is -0.383 e. The van der Waals surface area contributed by atoms with Crippen molar-refractivity contribution in [1.29, 1.82) is 5.26 Å². The number of piperidine rings is 1. The molecule has 0 aliphatic carbocycles. The molecule has 1 aromatic carbocycles. The summed E-state index contributed by atoms with van der Waals surface area (Å²) in [7, 11) is 1.93. The SMILES string of the molecule is Cc1c(-c2ccc3nc(-c4cccnc4N)n(-c4ccc(CN5CCC(Nc6ccnc(C#N)n6)CC5)cc4)c3n2)cnn1C. The Kier molecular flexibility index (Phi) is 7.36. The first-order valence-electron chi connectivity index (χ1n) is 14.9. The number of benzene rings is 1. The van der Waals surface area contributed by atoms with Gasteiger partial charge in [-0.05, 0) is 67.8 Å². The molecular formula is C33H32N12. The molecule has 12 nitrogen and oxygen atoms in total. The van der Waals surface area contributed by atoms with Gasteiger partial charge in [0.05, 0.1) is 17.5 Å². The lowest BCUT2D eigenvalue weighted by Crippen LogP contribution is -2.38. The standard InChI is InChI=1S/C33H32N12/c1-21-26(19-38-43(21)2)27-9-10-28-33(40-27)45(32(41-28)25-4-3-14-37-31(25)35)24-7-5-22(6-8-24)20-44-16-12-23(13-17-44)39-29-11-15-36-30(18-34)42-29/h3-11,14-15,19,23H,12-13,16-17,20H2,1-2H3,(H2,35,37)(H,36,39,42). The van der Waals surface area contributed by atoms with E-state index in [0.717, 1.165) is 71.8 Å². The number of hydrogen-bond donors (Lipinski definition) is 2. The van der Waals surface area contributed by atoms with Crippen LogP contribution in [-0.2, 0) is 13.6 Å². The Labute approximate surface area is 260 Å². The van der Waals surface area contributed by atoms with Crippen LogP contribution in [0.5, 0.6) is 0 Å². The summed E-state index contributed by atoms with van der Waals surface area (Å²) in [6.07, 6.45) is 7.13. The van der Waals surface area contributed by atoms with E-state index >= 15 is 0 Å². The van der Waals surface area contributed by atoms with Gasteiger partial charge in [-0.3, -0.25) is 14.1 Å². The summed E-state index contributed by atoms with van der Waals surface area (Å²) in [6.45, 7) is 4.82. The number of fused-ring (bicyclic) bond motifs is 1. The van der Waals surface area contributed by atoms with Crippen LogP contribution in [0, 0.1) is 18.3 Å². The minimum absolute atomic E-state index is 0.181. The van der Waals surface area contributed by atoms with E-state index in [1.807, 2.05) is 61.3 Å². The first-order valence-corrected chi connectivity index (χ1v) is 14.9. The van der Waals surface area contributed by atoms with Crippen LogP contribution in [0.15, 0.2) is 73.2 Å². The number of likely N-dealkylation sites (tertiary alicyclic amines) is 1. The number of nitrogen functional groups attached to an aromatic ring is 1. The van der Waals surface area contributed by atoms with Crippen LogP contribution in [0.2, 0.25) is 0 Å². The maximum absolute atomic E-state index is 9.07. The highest BCUT2D eigenvalue weighted by Crippen LogP contribution is 2.32. The lowest BCUT2D eigenvalue weighted by molar-refractivity contribution is 0.211. The van der Waals surface area contributed by atoms with Crippen molar-refractivity contribution in [1.82, 2.24) is 44.2 Å². The highest BCUT2D eigenvalue weighted by Gasteiger charge is 2.22. The van der Waals surface area contributed by atoms with E-state index in [4.69, 9.17) is 21.0 Å². The molecule has 0 saturated carbocycles. The first kappa shape index (κ1) is 28.1. The third-order valence-electron chi connectivity index (χ3n) is 8.39. The van der Waals surface area contributed by atoms with E-state index in [0.29, 0.717) is 23.5 Å². The molecule has 12 heteroatoms. The molecule has 7 rings (SSSR count). The number of rotatable bonds is 7. The second-order valence-corrected chi connectivity index (χ2v) is 11.3. The number of nitrogens with two attached hydrogens (primary N) is 1. The second-order valence-electron chi connectivity index (χ2n) is 11.3. The van der Waals surface area contributed by atoms with Gasteiger partial charge in [0.25, 0.3) is 0 Å². The predicted molar refractivity (Wildman–Crippen MR) is 172 cm³/mol. The summed E-state index contributed by atoms with van der Waals surface area (Å²) in [6, 6.07) is 20.5. The third-order valence-corrected chi connectivity index (χ3v) is 8.39. The molecule has 0 amide bonds. The molecule has 0 bridgehead atoms. The molecule has 1 saturated heterocycles. The smallest absolute Gasteiger partial charge is 0.234 e. The van der Waals surface area contributed by atoms with Gasteiger partial charge in [-0.25, -0.2) is 24.9 Å². The number of nitriles is 1. The zero-order chi connectivity index (χ0) is 30.9. The minimum atomic E-state index is 0.181. The molecule has 0 spiro atoms. The first-order chi connectivity index (χ1) is 22.0. The van der Waals surface area contributed by atoms with Gasteiger partial charge in [-0.2, -0.15) is 10.4 Å². The van der Waals surface area contributed by atoms with Crippen LogP contribution in [0.25, 0.3) is 39.5 Å². The van der Waals surface area contributed by atoms with Gasteiger partial charge in [0.15, 0.2) is 11.5 Å². The van der Waals surface area contributed by atoms with E-state index in [1.165, 1.54) is 5.56 Å². The molecule has 1 aliphatic heterocycles. The summed E-state index contributed by atoms with van der Waals surface area (Å²) in [5.41, 5.74) is 13.6. The van der Waals surface area contributed by atoms with E-state index in [-0.39, 0.29) is 5.82 Å². The third kappa shape index (κ3) is 5.57. The number of nitrogens with one attached hydrogen (secondary N) is 1. The van der Waals surface area contributed by atoms with Crippen LogP contribution in [0.3, 0.4) is 0 Å². The number of nitrogens with zero attached hydrogens (tertiary/aromatic N) is 10. The number of pyridine rings is 2. The van der Waals surface area contributed by atoms with Crippen molar-refractivity contribution in [2.45, 2.75) is 32.4 Å². The number of aromatic nitrogens is 8. The Morgan fingerprint density at radius 3 is 2.51 bits per heavy atom. The molecule has 6 heterocycles. The fourth-order valence-electron chi connectivity index (χ4n) is 5.84. The van der Waals surface area contributed by atoms with Gasteiger partial charge in [0.2, 0.25) is 5.82 Å². The van der Waals surface area contributed by atoms with Crippen LogP contribution < -0.4 is 11.1 Å². The summed E-state index contributed by atoms with van der Waals surface area (Å²) < 4.78 is 3.91. The maximum atomic E-state index is 9.07. The highest BCUT2D eigenvalue weighted by molar-refractivity contribution is 5.84. The van der Waals surface area contributed by atoms with Gasteiger partial charge < -0.3 is 11.1 Å². The van der Waals surface area contributed by atoms with Crippen molar-refractivity contribution in [3.8, 4) is 34.4 Å². The van der Waals surface area contributed by atoms with Crippen molar-refractivity contribution < 1.29 is 0 Å². The van der Waals surface area contributed by atoms with E-state index in [2.05, 4.69) is 59.1 Å². The fourth-order valence-corrected chi connectivity index (χ4v) is 5.84. The zero-order valence-electron chi connectivity index (χ0n) is 25.1. The lowest BCUT2D eigenvalue weighted by Gasteiger charge is -2.32. The van der Waals surface area contributed by atoms with Crippen molar-refractivity contribution >= 4 is 22.8 Å².